The molecule has 5 nitrogen and oxygen atoms in total. The summed E-state index contributed by atoms with van der Waals surface area (Å²) in [7, 11) is 1.62. The van der Waals surface area contributed by atoms with Gasteiger partial charge in [-0.25, -0.2) is 0 Å². The van der Waals surface area contributed by atoms with Crippen LogP contribution in [0, 0.1) is 6.92 Å². The number of aliphatic hydroxyl groups is 1. The zero-order chi connectivity index (χ0) is 23.6. The van der Waals surface area contributed by atoms with Crippen molar-refractivity contribution in [1.29, 1.82) is 0 Å². The Morgan fingerprint density at radius 3 is 2.47 bits per heavy atom. The van der Waals surface area contributed by atoms with Crippen LogP contribution in [-0.2, 0) is 15.0 Å². The van der Waals surface area contributed by atoms with Crippen molar-refractivity contribution in [3.8, 4) is 5.75 Å². The molecule has 1 atom stereocenters. The van der Waals surface area contributed by atoms with E-state index in [0.717, 1.165) is 41.0 Å². The van der Waals surface area contributed by atoms with Gasteiger partial charge in [0.2, 0.25) is 0 Å². The molecule has 172 valence electrons. The van der Waals surface area contributed by atoms with E-state index in [1.165, 1.54) is 11.3 Å². The quantitative estimate of drug-likeness (QED) is 0.242. The summed E-state index contributed by atoms with van der Waals surface area (Å²) < 4.78 is 5.51. The van der Waals surface area contributed by atoms with Gasteiger partial charge < -0.3 is 14.7 Å². The maximum Gasteiger partial charge on any atom is 0.295 e. The van der Waals surface area contributed by atoms with Crippen LogP contribution >= 0.6 is 11.3 Å². The first kappa shape index (κ1) is 24.1. The van der Waals surface area contributed by atoms with E-state index in [0.29, 0.717) is 12.1 Å². The molecular formula is C26H33NO4S. The number of Topliss-reactive ketones (excluding diaryl/α,β-unsaturated/α-hetero) is 1. The van der Waals surface area contributed by atoms with Crippen molar-refractivity contribution in [2.45, 2.75) is 65.3 Å². The van der Waals surface area contributed by atoms with E-state index < -0.39 is 17.7 Å². The number of amides is 1. The molecule has 32 heavy (non-hydrogen) atoms. The molecule has 0 aliphatic carbocycles. The summed E-state index contributed by atoms with van der Waals surface area (Å²) in [6, 6.07) is 6.82. The maximum absolute atomic E-state index is 13.2. The predicted molar refractivity (Wildman–Crippen MR) is 129 cm³/mol. The zero-order valence-corrected chi connectivity index (χ0v) is 20.6. The first-order valence-corrected chi connectivity index (χ1v) is 12.0. The molecule has 6 heteroatoms. The summed E-state index contributed by atoms with van der Waals surface area (Å²) >= 11 is 1.51. The normalized spacial score (nSPS) is 18.4. The van der Waals surface area contributed by atoms with Gasteiger partial charge in [0.1, 0.15) is 11.5 Å². The number of hydrogen-bond acceptors (Lipinski definition) is 5. The average molecular weight is 456 g/mol. The van der Waals surface area contributed by atoms with Crippen LogP contribution in [0.25, 0.3) is 5.76 Å². The topological polar surface area (TPSA) is 66.8 Å². The molecule has 1 N–H and O–H groups in total. The number of aryl methyl sites for hydroxylation is 1. The van der Waals surface area contributed by atoms with E-state index in [2.05, 4.69) is 27.7 Å². The van der Waals surface area contributed by atoms with Gasteiger partial charge in [0.25, 0.3) is 11.7 Å². The van der Waals surface area contributed by atoms with Crippen LogP contribution in [0.4, 0.5) is 0 Å². The Morgan fingerprint density at radius 2 is 1.91 bits per heavy atom. The van der Waals surface area contributed by atoms with Gasteiger partial charge in [0.05, 0.1) is 18.7 Å². The number of benzene rings is 1. The Hall–Kier alpha value is -2.60. The zero-order valence-electron chi connectivity index (χ0n) is 19.8. The maximum atomic E-state index is 13.2. The summed E-state index contributed by atoms with van der Waals surface area (Å²) in [4.78, 5) is 28.7. The molecule has 2 heterocycles. The third-order valence-electron chi connectivity index (χ3n) is 5.97. The second kappa shape index (κ2) is 9.49. The number of nitrogens with zero attached hydrogens (tertiary/aromatic N) is 1. The van der Waals surface area contributed by atoms with Crippen LogP contribution in [-0.4, -0.2) is 35.4 Å². The first-order valence-electron chi connectivity index (χ1n) is 11.1. The summed E-state index contributed by atoms with van der Waals surface area (Å²) in [6.07, 6.45) is 2.82. The number of unbranched alkanes of at least 4 members (excludes halogenated alkanes) is 2. The number of likely N-dealkylation sites (tertiary alicyclic amines) is 1. The van der Waals surface area contributed by atoms with E-state index >= 15 is 0 Å². The Balaban J connectivity index is 2.17. The smallest absolute Gasteiger partial charge is 0.295 e. The lowest BCUT2D eigenvalue weighted by molar-refractivity contribution is -0.139. The van der Waals surface area contributed by atoms with Crippen LogP contribution in [0.2, 0.25) is 0 Å². The highest BCUT2D eigenvalue weighted by atomic mass is 32.1. The van der Waals surface area contributed by atoms with Crippen LogP contribution in [0.15, 0.2) is 35.2 Å². The number of ketones is 1. The highest BCUT2D eigenvalue weighted by molar-refractivity contribution is 7.10. The number of carbonyl (C=O) groups is 2. The summed E-state index contributed by atoms with van der Waals surface area (Å²) in [6.45, 7) is 10.8. The lowest BCUT2D eigenvalue weighted by Gasteiger charge is -2.25. The number of aliphatic hydroxyl groups excluding tert-OH is 1. The summed E-state index contributed by atoms with van der Waals surface area (Å²) in [5.74, 6) is -0.568. The third-order valence-corrected chi connectivity index (χ3v) is 7.04. The van der Waals surface area contributed by atoms with E-state index in [1.54, 1.807) is 24.1 Å². The highest BCUT2D eigenvalue weighted by Gasteiger charge is 2.46. The van der Waals surface area contributed by atoms with Crippen LogP contribution in [0.1, 0.15) is 74.6 Å². The van der Waals surface area contributed by atoms with Gasteiger partial charge in [-0.2, -0.15) is 0 Å². The lowest BCUT2D eigenvalue weighted by Crippen LogP contribution is -2.30. The Bertz CT molecular complexity index is 1040. The molecule has 1 saturated heterocycles. The van der Waals surface area contributed by atoms with Crippen molar-refractivity contribution in [2.24, 2.45) is 0 Å². The van der Waals surface area contributed by atoms with Gasteiger partial charge in [0, 0.05) is 22.5 Å². The molecule has 0 spiro atoms. The van der Waals surface area contributed by atoms with Gasteiger partial charge in [0.15, 0.2) is 0 Å². The fourth-order valence-electron chi connectivity index (χ4n) is 4.18. The minimum atomic E-state index is -0.620. The van der Waals surface area contributed by atoms with Crippen LogP contribution in [0.3, 0.4) is 0 Å². The Morgan fingerprint density at radius 1 is 1.19 bits per heavy atom. The number of ether oxygens (including phenoxy) is 1. The van der Waals surface area contributed by atoms with Crippen LogP contribution < -0.4 is 4.74 Å². The molecule has 1 unspecified atom stereocenters. The Kier molecular flexibility index (Phi) is 7.13. The SMILES string of the molecule is CCCCCN1C(=O)C(=O)/C(=C(\O)c2ccc(OC)c(C(C)(C)C)c2)C1c1sccc1C. The standard InChI is InChI=1S/C26H33NO4S/c1-7-8-9-13-27-21(24-16(2)12-14-32-24)20(23(29)25(27)30)22(28)17-10-11-19(31-6)18(15-17)26(3,4)5/h10-12,14-15,21,28H,7-9,13H2,1-6H3/b22-20-. The minimum absolute atomic E-state index is 0.132. The molecule has 0 radical (unpaired) electrons. The molecule has 0 bridgehead atoms. The first-order chi connectivity index (χ1) is 15.1. The molecule has 1 aromatic carbocycles. The number of thiophene rings is 1. The molecular weight excluding hydrogens is 422 g/mol. The second-order valence-electron chi connectivity index (χ2n) is 9.33. The van der Waals surface area contributed by atoms with Crippen molar-refractivity contribution < 1.29 is 19.4 Å². The average Bonchev–Trinajstić information content (AvgIpc) is 3.28. The highest BCUT2D eigenvalue weighted by Crippen LogP contribution is 2.43. The summed E-state index contributed by atoms with van der Waals surface area (Å²) in [5.41, 5.74) is 2.39. The van der Waals surface area contributed by atoms with Gasteiger partial charge >= 0.3 is 0 Å². The van der Waals surface area contributed by atoms with Crippen molar-refractivity contribution in [3.63, 3.8) is 0 Å². The molecule has 1 fully saturated rings. The lowest BCUT2D eigenvalue weighted by atomic mass is 9.84. The van der Waals surface area contributed by atoms with Crippen molar-refractivity contribution in [3.05, 3.63) is 56.8 Å². The fraction of sp³-hybridized carbons (Fsp3) is 0.462. The number of carbonyl (C=O) groups excluding carboxylic acids is 2. The van der Waals surface area contributed by atoms with Gasteiger partial charge in [-0.1, -0.05) is 40.5 Å². The molecule has 3 rings (SSSR count). The summed E-state index contributed by atoms with van der Waals surface area (Å²) in [5, 5.41) is 13.3. The van der Waals surface area contributed by atoms with Crippen molar-refractivity contribution in [2.75, 3.05) is 13.7 Å². The molecule has 0 saturated carbocycles. The van der Waals surface area contributed by atoms with E-state index in [9.17, 15) is 14.7 Å². The van der Waals surface area contributed by atoms with Crippen molar-refractivity contribution >= 4 is 28.8 Å². The number of hydrogen-bond donors (Lipinski definition) is 1. The molecule has 1 aromatic heterocycles. The number of methoxy groups -OCH3 is 1. The molecule has 2 aromatic rings. The van der Waals surface area contributed by atoms with E-state index in [4.69, 9.17) is 4.74 Å². The number of rotatable bonds is 7. The second-order valence-corrected chi connectivity index (χ2v) is 10.3. The van der Waals surface area contributed by atoms with E-state index in [-0.39, 0.29) is 16.7 Å². The van der Waals surface area contributed by atoms with Crippen molar-refractivity contribution in [1.82, 2.24) is 4.90 Å². The fourth-order valence-corrected chi connectivity index (χ4v) is 5.22. The molecule has 1 amide bonds. The van der Waals surface area contributed by atoms with Gasteiger partial charge in [-0.15, -0.1) is 11.3 Å². The third kappa shape index (κ3) is 4.46. The molecule has 1 aliphatic heterocycles. The molecule has 1 aliphatic rings. The van der Waals surface area contributed by atoms with Gasteiger partial charge in [-0.3, -0.25) is 9.59 Å². The monoisotopic (exact) mass is 455 g/mol. The largest absolute Gasteiger partial charge is 0.507 e. The Labute approximate surface area is 194 Å². The predicted octanol–water partition coefficient (Wildman–Crippen LogP) is 5.97. The minimum Gasteiger partial charge on any atom is -0.507 e. The van der Waals surface area contributed by atoms with E-state index in [1.807, 2.05) is 24.4 Å². The van der Waals surface area contributed by atoms with Crippen LogP contribution in [0.5, 0.6) is 5.75 Å². The van der Waals surface area contributed by atoms with Gasteiger partial charge in [-0.05, 0) is 54.0 Å².